The van der Waals surface area contributed by atoms with E-state index in [4.69, 9.17) is 5.73 Å². The topological polar surface area (TPSA) is 68.0 Å². The highest BCUT2D eigenvalue weighted by molar-refractivity contribution is 7.19. The molecule has 20 heavy (non-hydrogen) atoms. The van der Waals surface area contributed by atoms with Crippen LogP contribution in [0.25, 0.3) is 10.4 Å². The molecule has 1 atom stereocenters. The Morgan fingerprint density at radius 3 is 2.70 bits per heavy atom. The van der Waals surface area contributed by atoms with Gasteiger partial charge in [0.2, 0.25) is 5.91 Å². The average Bonchev–Trinajstić information content (AvgIpc) is 2.87. The second-order valence-corrected chi connectivity index (χ2v) is 6.15. The molecule has 0 aliphatic heterocycles. The number of hydrogen-bond donors (Lipinski definition) is 2. The van der Waals surface area contributed by atoms with E-state index < -0.39 is 6.04 Å². The van der Waals surface area contributed by atoms with Crippen molar-refractivity contribution >= 4 is 22.4 Å². The van der Waals surface area contributed by atoms with Gasteiger partial charge in [0, 0.05) is 6.20 Å². The molecule has 1 aromatic carbocycles. The van der Waals surface area contributed by atoms with Crippen LogP contribution >= 0.6 is 11.3 Å². The Labute approximate surface area is 123 Å². The van der Waals surface area contributed by atoms with Crippen molar-refractivity contribution in [1.29, 1.82) is 0 Å². The molecule has 1 amide bonds. The number of nitrogens with zero attached hydrogens (tertiary/aromatic N) is 1. The van der Waals surface area contributed by atoms with E-state index in [0.717, 1.165) is 10.4 Å². The van der Waals surface area contributed by atoms with Gasteiger partial charge in [-0.15, -0.1) is 0 Å². The maximum absolute atomic E-state index is 11.9. The highest BCUT2D eigenvalue weighted by atomic mass is 32.1. The zero-order chi connectivity index (χ0) is 14.5. The van der Waals surface area contributed by atoms with E-state index in [1.807, 2.05) is 44.2 Å². The lowest BCUT2D eigenvalue weighted by molar-refractivity contribution is -0.117. The molecule has 1 aromatic heterocycles. The minimum Gasteiger partial charge on any atom is -0.320 e. The number of hydrogen-bond acceptors (Lipinski definition) is 4. The lowest BCUT2D eigenvalue weighted by Crippen LogP contribution is -2.36. The quantitative estimate of drug-likeness (QED) is 0.888. The first-order valence-electron chi connectivity index (χ1n) is 6.64. The van der Waals surface area contributed by atoms with Gasteiger partial charge in [0.15, 0.2) is 5.13 Å². The molecule has 1 heterocycles. The summed E-state index contributed by atoms with van der Waals surface area (Å²) in [5.74, 6) is 0.222. The molecule has 2 rings (SSSR count). The van der Waals surface area contributed by atoms with Crippen molar-refractivity contribution in [3.05, 3.63) is 36.5 Å². The van der Waals surface area contributed by atoms with Crippen LogP contribution in [0.1, 0.15) is 20.3 Å². The molecule has 0 bridgehead atoms. The van der Waals surface area contributed by atoms with Crippen molar-refractivity contribution in [3.8, 4) is 10.4 Å². The molecule has 0 aliphatic carbocycles. The molecule has 2 aromatic rings. The molecule has 0 fully saturated rings. The molecule has 0 radical (unpaired) electrons. The number of thiazole rings is 1. The third-order valence-corrected chi connectivity index (χ3v) is 3.82. The van der Waals surface area contributed by atoms with Gasteiger partial charge >= 0.3 is 0 Å². The molecule has 0 aliphatic rings. The number of carbonyl (C=O) groups excluding carboxylic acids is 1. The monoisotopic (exact) mass is 289 g/mol. The second kappa shape index (κ2) is 6.63. The van der Waals surface area contributed by atoms with Gasteiger partial charge in [-0.3, -0.25) is 4.79 Å². The highest BCUT2D eigenvalue weighted by Gasteiger charge is 2.16. The smallest absolute Gasteiger partial charge is 0.243 e. The van der Waals surface area contributed by atoms with Crippen molar-refractivity contribution in [2.24, 2.45) is 11.7 Å². The number of nitrogens with one attached hydrogen (secondary N) is 1. The van der Waals surface area contributed by atoms with Crippen molar-refractivity contribution in [2.75, 3.05) is 5.32 Å². The summed E-state index contributed by atoms with van der Waals surface area (Å²) in [4.78, 5) is 17.2. The second-order valence-electron chi connectivity index (χ2n) is 5.12. The van der Waals surface area contributed by atoms with Crippen LogP contribution in [0.4, 0.5) is 5.13 Å². The molecule has 106 valence electrons. The summed E-state index contributed by atoms with van der Waals surface area (Å²) in [5.41, 5.74) is 6.94. The third kappa shape index (κ3) is 3.88. The number of anilines is 1. The molecule has 0 spiro atoms. The summed E-state index contributed by atoms with van der Waals surface area (Å²) in [5, 5.41) is 3.37. The van der Waals surface area contributed by atoms with Crippen LogP contribution in [0.15, 0.2) is 36.5 Å². The number of rotatable bonds is 5. The van der Waals surface area contributed by atoms with E-state index in [1.54, 1.807) is 6.20 Å². The third-order valence-electron chi connectivity index (χ3n) is 2.86. The van der Waals surface area contributed by atoms with E-state index in [-0.39, 0.29) is 5.91 Å². The SMILES string of the molecule is CC(C)C[C@H](N)C(=O)Nc1ncc(-c2ccccc2)s1. The molecule has 0 saturated heterocycles. The summed E-state index contributed by atoms with van der Waals surface area (Å²) in [6, 6.07) is 9.47. The van der Waals surface area contributed by atoms with Gasteiger partial charge in [0.1, 0.15) is 0 Å². The fourth-order valence-electron chi connectivity index (χ4n) is 1.88. The fourth-order valence-corrected chi connectivity index (χ4v) is 2.71. The van der Waals surface area contributed by atoms with Gasteiger partial charge in [-0.1, -0.05) is 55.5 Å². The number of aromatic nitrogens is 1. The Hall–Kier alpha value is -1.72. The van der Waals surface area contributed by atoms with Crippen molar-refractivity contribution in [1.82, 2.24) is 4.98 Å². The Bertz CT molecular complexity index is 566. The average molecular weight is 289 g/mol. The Morgan fingerprint density at radius 1 is 1.35 bits per heavy atom. The van der Waals surface area contributed by atoms with E-state index in [9.17, 15) is 4.79 Å². The maximum Gasteiger partial charge on any atom is 0.243 e. The predicted octanol–water partition coefficient (Wildman–Crippen LogP) is 3.12. The predicted molar refractivity (Wildman–Crippen MR) is 83.6 cm³/mol. The molecule has 4 nitrogen and oxygen atoms in total. The number of nitrogens with two attached hydrogens (primary N) is 1. The van der Waals surface area contributed by atoms with Crippen LogP contribution in [-0.2, 0) is 4.79 Å². The Kier molecular flexibility index (Phi) is 4.87. The number of amides is 1. The molecule has 0 saturated carbocycles. The Morgan fingerprint density at radius 2 is 2.05 bits per heavy atom. The first-order valence-corrected chi connectivity index (χ1v) is 7.45. The Balaban J connectivity index is 2.01. The van der Waals surface area contributed by atoms with Gasteiger partial charge in [-0.05, 0) is 17.9 Å². The minimum atomic E-state index is -0.487. The van der Waals surface area contributed by atoms with Crippen LogP contribution in [0, 0.1) is 5.92 Å². The van der Waals surface area contributed by atoms with E-state index >= 15 is 0 Å². The summed E-state index contributed by atoms with van der Waals surface area (Å²) in [6.45, 7) is 4.09. The number of benzene rings is 1. The maximum atomic E-state index is 11.9. The first-order chi connectivity index (χ1) is 9.56. The van der Waals surface area contributed by atoms with Gasteiger partial charge in [-0.2, -0.15) is 0 Å². The molecule has 5 heteroatoms. The van der Waals surface area contributed by atoms with Crippen LogP contribution in [0.3, 0.4) is 0 Å². The molecular formula is C15H19N3OS. The summed E-state index contributed by atoms with van der Waals surface area (Å²) >= 11 is 1.45. The van der Waals surface area contributed by atoms with Gasteiger partial charge in [0.25, 0.3) is 0 Å². The molecule has 3 N–H and O–H groups in total. The lowest BCUT2D eigenvalue weighted by atomic mass is 10.0. The lowest BCUT2D eigenvalue weighted by Gasteiger charge is -2.12. The standard InChI is InChI=1S/C15H19N3OS/c1-10(2)8-12(16)14(19)18-15-17-9-13(20-15)11-6-4-3-5-7-11/h3-7,9-10,12H,8,16H2,1-2H3,(H,17,18,19)/t12-/m0/s1. The van der Waals surface area contributed by atoms with Gasteiger partial charge in [0.05, 0.1) is 10.9 Å². The normalized spacial score (nSPS) is 12.4. The van der Waals surface area contributed by atoms with E-state index in [0.29, 0.717) is 17.5 Å². The minimum absolute atomic E-state index is 0.173. The van der Waals surface area contributed by atoms with E-state index in [2.05, 4.69) is 10.3 Å². The van der Waals surface area contributed by atoms with Gasteiger partial charge in [-0.25, -0.2) is 4.98 Å². The van der Waals surface area contributed by atoms with Crippen LogP contribution in [0.5, 0.6) is 0 Å². The van der Waals surface area contributed by atoms with Crippen molar-refractivity contribution in [3.63, 3.8) is 0 Å². The van der Waals surface area contributed by atoms with Crippen molar-refractivity contribution < 1.29 is 4.79 Å². The summed E-state index contributed by atoms with van der Waals surface area (Å²) < 4.78 is 0. The zero-order valence-corrected chi connectivity index (χ0v) is 12.5. The summed E-state index contributed by atoms with van der Waals surface area (Å²) in [6.07, 6.45) is 2.44. The largest absolute Gasteiger partial charge is 0.320 e. The van der Waals surface area contributed by atoms with E-state index in [1.165, 1.54) is 11.3 Å². The molecular weight excluding hydrogens is 270 g/mol. The zero-order valence-electron chi connectivity index (χ0n) is 11.7. The van der Waals surface area contributed by atoms with Crippen LogP contribution < -0.4 is 11.1 Å². The fraction of sp³-hybridized carbons (Fsp3) is 0.333. The van der Waals surface area contributed by atoms with Crippen molar-refractivity contribution in [2.45, 2.75) is 26.3 Å². The van der Waals surface area contributed by atoms with Gasteiger partial charge < -0.3 is 11.1 Å². The highest BCUT2D eigenvalue weighted by Crippen LogP contribution is 2.28. The first kappa shape index (κ1) is 14.7. The number of carbonyl (C=O) groups is 1. The van der Waals surface area contributed by atoms with Crippen LogP contribution in [0.2, 0.25) is 0 Å². The van der Waals surface area contributed by atoms with Crippen LogP contribution in [-0.4, -0.2) is 16.9 Å². The summed E-state index contributed by atoms with van der Waals surface area (Å²) in [7, 11) is 0. The molecule has 0 unspecified atom stereocenters.